The van der Waals surface area contributed by atoms with E-state index in [4.69, 9.17) is 9.26 Å². The number of benzene rings is 1. The molecule has 0 saturated heterocycles. The Morgan fingerprint density at radius 1 is 1.29 bits per heavy atom. The third-order valence-electron chi connectivity index (χ3n) is 4.01. The van der Waals surface area contributed by atoms with Crippen molar-refractivity contribution >= 4 is 0 Å². The predicted molar refractivity (Wildman–Crippen MR) is 77.8 cm³/mol. The molecule has 5 nitrogen and oxygen atoms in total. The molecular weight excluding hydrogens is 268 g/mol. The van der Waals surface area contributed by atoms with E-state index in [9.17, 15) is 5.11 Å². The lowest BCUT2D eigenvalue weighted by Gasteiger charge is -2.33. The normalized spacial score (nSPS) is 17.8. The Morgan fingerprint density at radius 2 is 2.10 bits per heavy atom. The van der Waals surface area contributed by atoms with Crippen LogP contribution in [0, 0.1) is 0 Å². The fraction of sp³-hybridized carbons (Fsp3) is 0.500. The van der Waals surface area contributed by atoms with Gasteiger partial charge in [0.25, 0.3) is 5.89 Å². The van der Waals surface area contributed by atoms with E-state index in [0.29, 0.717) is 18.3 Å². The van der Waals surface area contributed by atoms with Gasteiger partial charge in [-0.05, 0) is 38.0 Å². The van der Waals surface area contributed by atoms with Crippen molar-refractivity contribution in [2.24, 2.45) is 0 Å². The molecule has 0 aliphatic heterocycles. The van der Waals surface area contributed by atoms with E-state index in [0.717, 1.165) is 31.2 Å². The summed E-state index contributed by atoms with van der Waals surface area (Å²) < 4.78 is 11.4. The molecule has 1 heterocycles. The first kappa shape index (κ1) is 14.1. The fourth-order valence-corrected chi connectivity index (χ4v) is 3.00. The number of phenols is 1. The van der Waals surface area contributed by atoms with Crippen LogP contribution in [-0.2, 0) is 10.3 Å². The Hall–Kier alpha value is -1.88. The van der Waals surface area contributed by atoms with E-state index in [2.05, 4.69) is 10.1 Å². The van der Waals surface area contributed by atoms with E-state index in [1.54, 1.807) is 18.2 Å². The second kappa shape index (κ2) is 5.85. The minimum Gasteiger partial charge on any atom is -0.508 e. The summed E-state index contributed by atoms with van der Waals surface area (Å²) in [5.41, 5.74) is 0.308. The Balaban J connectivity index is 1.92. The Labute approximate surface area is 123 Å². The first-order valence-corrected chi connectivity index (χ1v) is 7.51. The Kier molecular flexibility index (Phi) is 3.92. The molecule has 0 unspecified atom stereocenters. The van der Waals surface area contributed by atoms with Crippen LogP contribution in [0.15, 0.2) is 28.8 Å². The summed E-state index contributed by atoms with van der Waals surface area (Å²) in [5, 5.41) is 13.7. The van der Waals surface area contributed by atoms with Crippen LogP contribution in [0.1, 0.15) is 44.9 Å². The number of aromatic nitrogens is 2. The highest BCUT2D eigenvalue weighted by Crippen LogP contribution is 2.39. The van der Waals surface area contributed by atoms with Gasteiger partial charge in [-0.2, -0.15) is 4.98 Å². The summed E-state index contributed by atoms with van der Waals surface area (Å²) in [6.07, 6.45) is 5.33. The smallest absolute Gasteiger partial charge is 0.258 e. The molecule has 0 amide bonds. The molecule has 0 atom stereocenters. The molecule has 1 saturated carbocycles. The van der Waals surface area contributed by atoms with Crippen LogP contribution in [0.3, 0.4) is 0 Å². The zero-order valence-corrected chi connectivity index (χ0v) is 12.2. The number of ether oxygens (including phenoxy) is 1. The van der Waals surface area contributed by atoms with E-state index in [1.165, 1.54) is 6.42 Å². The molecule has 3 rings (SSSR count). The van der Waals surface area contributed by atoms with Gasteiger partial charge in [0.05, 0.1) is 0 Å². The molecule has 1 aromatic heterocycles. The third kappa shape index (κ3) is 2.78. The second-order valence-corrected chi connectivity index (χ2v) is 5.46. The zero-order valence-electron chi connectivity index (χ0n) is 12.2. The molecule has 1 N–H and O–H groups in total. The fourth-order valence-electron chi connectivity index (χ4n) is 3.00. The van der Waals surface area contributed by atoms with Gasteiger partial charge in [0.1, 0.15) is 11.4 Å². The summed E-state index contributed by atoms with van der Waals surface area (Å²) in [4.78, 5) is 4.52. The summed E-state index contributed by atoms with van der Waals surface area (Å²) >= 11 is 0. The average molecular weight is 288 g/mol. The van der Waals surface area contributed by atoms with Crippen LogP contribution >= 0.6 is 0 Å². The predicted octanol–water partition coefficient (Wildman–Crippen LogP) is 3.64. The highest BCUT2D eigenvalue weighted by atomic mass is 16.5. The van der Waals surface area contributed by atoms with Gasteiger partial charge < -0.3 is 14.4 Å². The van der Waals surface area contributed by atoms with Crippen LogP contribution in [0.25, 0.3) is 11.5 Å². The summed E-state index contributed by atoms with van der Waals surface area (Å²) in [6, 6.07) is 6.83. The van der Waals surface area contributed by atoms with Gasteiger partial charge in [0, 0.05) is 12.2 Å². The lowest BCUT2D eigenvalue weighted by Crippen LogP contribution is -2.33. The van der Waals surface area contributed by atoms with Crippen molar-refractivity contribution in [3.05, 3.63) is 30.1 Å². The monoisotopic (exact) mass is 288 g/mol. The third-order valence-corrected chi connectivity index (χ3v) is 4.01. The lowest BCUT2D eigenvalue weighted by atomic mass is 9.84. The maximum Gasteiger partial charge on any atom is 0.258 e. The average Bonchev–Trinajstić information content (AvgIpc) is 2.99. The van der Waals surface area contributed by atoms with Crippen LogP contribution in [0.4, 0.5) is 0 Å². The largest absolute Gasteiger partial charge is 0.508 e. The van der Waals surface area contributed by atoms with E-state index in [-0.39, 0.29) is 5.75 Å². The first-order chi connectivity index (χ1) is 10.2. The first-order valence-electron chi connectivity index (χ1n) is 7.51. The van der Waals surface area contributed by atoms with Crippen LogP contribution in [0.2, 0.25) is 0 Å². The molecule has 1 aliphatic carbocycles. The number of hydrogen-bond acceptors (Lipinski definition) is 5. The van der Waals surface area contributed by atoms with E-state index >= 15 is 0 Å². The summed E-state index contributed by atoms with van der Waals surface area (Å²) in [5.74, 6) is 1.23. The van der Waals surface area contributed by atoms with Gasteiger partial charge in [-0.3, -0.25) is 0 Å². The minimum absolute atomic E-state index is 0.185. The number of rotatable bonds is 4. The van der Waals surface area contributed by atoms with Gasteiger partial charge in [0.2, 0.25) is 5.82 Å². The molecule has 2 aromatic rings. The lowest BCUT2D eigenvalue weighted by molar-refractivity contribution is -0.0777. The molecule has 1 aromatic carbocycles. The van der Waals surface area contributed by atoms with Gasteiger partial charge in [0.15, 0.2) is 0 Å². The van der Waals surface area contributed by atoms with Gasteiger partial charge in [-0.1, -0.05) is 30.5 Å². The van der Waals surface area contributed by atoms with Crippen molar-refractivity contribution < 1.29 is 14.4 Å². The summed E-state index contributed by atoms with van der Waals surface area (Å²) in [7, 11) is 0. The zero-order chi connectivity index (χ0) is 14.7. The highest BCUT2D eigenvalue weighted by Gasteiger charge is 2.39. The van der Waals surface area contributed by atoms with Crippen molar-refractivity contribution in [3.63, 3.8) is 0 Å². The van der Waals surface area contributed by atoms with Gasteiger partial charge in [-0.25, -0.2) is 0 Å². The Bertz CT molecular complexity index is 598. The second-order valence-electron chi connectivity index (χ2n) is 5.46. The SMILES string of the molecule is CCOC1(c2noc(-c3cccc(O)c3)n2)CCCCC1. The van der Waals surface area contributed by atoms with E-state index in [1.807, 2.05) is 13.0 Å². The van der Waals surface area contributed by atoms with Crippen molar-refractivity contribution in [2.45, 2.75) is 44.6 Å². The molecule has 21 heavy (non-hydrogen) atoms. The minimum atomic E-state index is -0.411. The molecular formula is C16H20N2O3. The molecule has 5 heteroatoms. The molecule has 0 bridgehead atoms. The van der Waals surface area contributed by atoms with Crippen molar-refractivity contribution in [3.8, 4) is 17.2 Å². The molecule has 1 aliphatic rings. The maximum atomic E-state index is 9.55. The van der Waals surface area contributed by atoms with Crippen molar-refractivity contribution in [1.29, 1.82) is 0 Å². The topological polar surface area (TPSA) is 68.4 Å². The van der Waals surface area contributed by atoms with Gasteiger partial charge >= 0.3 is 0 Å². The number of nitrogens with zero attached hydrogens (tertiary/aromatic N) is 2. The standard InChI is InChI=1S/C16H20N2O3/c1-2-20-16(9-4-3-5-10-16)15-17-14(21-18-15)12-7-6-8-13(19)11-12/h6-8,11,19H,2-5,9-10H2,1H3. The summed E-state index contributed by atoms with van der Waals surface area (Å²) in [6.45, 7) is 2.63. The molecule has 112 valence electrons. The highest BCUT2D eigenvalue weighted by molar-refractivity contribution is 5.55. The van der Waals surface area contributed by atoms with Crippen molar-refractivity contribution in [2.75, 3.05) is 6.61 Å². The number of phenolic OH excluding ortho intramolecular Hbond substituents is 1. The van der Waals surface area contributed by atoms with Crippen LogP contribution < -0.4 is 0 Å². The Morgan fingerprint density at radius 3 is 2.81 bits per heavy atom. The van der Waals surface area contributed by atoms with Gasteiger partial charge in [-0.15, -0.1) is 0 Å². The molecule has 0 spiro atoms. The maximum absolute atomic E-state index is 9.55. The number of hydrogen-bond donors (Lipinski definition) is 1. The van der Waals surface area contributed by atoms with Crippen LogP contribution in [-0.4, -0.2) is 21.9 Å². The van der Waals surface area contributed by atoms with Crippen molar-refractivity contribution in [1.82, 2.24) is 10.1 Å². The molecule has 0 radical (unpaired) electrons. The number of aromatic hydroxyl groups is 1. The van der Waals surface area contributed by atoms with E-state index < -0.39 is 5.60 Å². The quantitative estimate of drug-likeness (QED) is 0.930. The molecule has 1 fully saturated rings. The van der Waals surface area contributed by atoms with Crippen LogP contribution in [0.5, 0.6) is 5.75 Å².